The molecule has 0 aliphatic heterocycles. The van der Waals surface area contributed by atoms with Gasteiger partial charge in [0.2, 0.25) is 0 Å². The van der Waals surface area contributed by atoms with Crippen LogP contribution in [0.5, 0.6) is 5.75 Å². The molecule has 31 heavy (non-hydrogen) atoms. The van der Waals surface area contributed by atoms with Crippen molar-refractivity contribution >= 4 is 17.5 Å². The molecule has 0 heterocycles. The molecule has 3 N–H and O–H groups in total. The third kappa shape index (κ3) is 5.31. The Morgan fingerprint density at radius 3 is 2.06 bits per heavy atom. The third-order valence-electron chi connectivity index (χ3n) is 6.05. The number of Topliss-reactive ketones (excluding diaryl/α,β-unsaturated/α-hetero) is 2. The van der Waals surface area contributed by atoms with Crippen molar-refractivity contribution in [3.05, 3.63) is 52.1 Å². The fraction of sp³-hybridized carbons (Fsp3) is 0.480. The Kier molecular flexibility index (Phi) is 6.96. The molecule has 1 amide bonds. The summed E-state index contributed by atoms with van der Waals surface area (Å²) in [5.41, 5.74) is 0.110. The number of amides is 1. The van der Waals surface area contributed by atoms with Crippen LogP contribution in [-0.2, 0) is 9.59 Å². The maximum absolute atomic E-state index is 13.1. The molecule has 1 aromatic carbocycles. The van der Waals surface area contributed by atoms with Crippen molar-refractivity contribution in [2.24, 2.45) is 11.3 Å². The zero-order chi connectivity index (χ0) is 23.7. The summed E-state index contributed by atoms with van der Waals surface area (Å²) in [6, 6.07) is 6.17. The highest BCUT2D eigenvalue weighted by atomic mass is 16.3. The average molecular weight is 428 g/mol. The SMILES string of the molecule is CC1=C(C)C(=O)C(C(CC(C)(O)CNC(=O)c2ccccc2O)C(C)(C)C)=C(C)C1=O. The maximum Gasteiger partial charge on any atom is 0.255 e. The maximum atomic E-state index is 13.1. The quantitative estimate of drug-likeness (QED) is 0.600. The van der Waals surface area contributed by atoms with Gasteiger partial charge in [0.15, 0.2) is 11.6 Å². The zero-order valence-electron chi connectivity index (χ0n) is 19.4. The van der Waals surface area contributed by atoms with E-state index in [1.165, 1.54) is 12.1 Å². The van der Waals surface area contributed by atoms with Crippen molar-refractivity contribution < 1.29 is 24.6 Å². The second kappa shape index (κ2) is 8.79. The number of ketones is 2. The largest absolute Gasteiger partial charge is 0.507 e. The molecule has 1 aromatic rings. The summed E-state index contributed by atoms with van der Waals surface area (Å²) in [4.78, 5) is 38.2. The molecule has 1 aliphatic rings. The van der Waals surface area contributed by atoms with Gasteiger partial charge < -0.3 is 15.5 Å². The van der Waals surface area contributed by atoms with Crippen LogP contribution in [0.1, 0.15) is 65.2 Å². The molecule has 0 aromatic heterocycles. The number of phenols is 1. The molecule has 2 unspecified atom stereocenters. The first kappa shape index (κ1) is 24.5. The van der Waals surface area contributed by atoms with Gasteiger partial charge in [0.1, 0.15) is 5.75 Å². The number of hydrogen-bond acceptors (Lipinski definition) is 5. The van der Waals surface area contributed by atoms with Gasteiger partial charge in [0, 0.05) is 28.8 Å². The standard InChI is InChI=1S/C25H33NO5/c1-14-15(2)22(29)20(16(3)21(14)28)18(24(4,5)6)12-25(7,31)13-26-23(30)17-10-8-9-11-19(17)27/h8-11,18,27,31H,12-13H2,1-7H3,(H,26,30). The molecule has 2 atom stereocenters. The number of aliphatic hydroxyl groups is 1. The van der Waals surface area contributed by atoms with Crippen LogP contribution in [-0.4, -0.2) is 39.8 Å². The summed E-state index contributed by atoms with van der Waals surface area (Å²) in [7, 11) is 0. The van der Waals surface area contributed by atoms with Crippen molar-refractivity contribution in [3.63, 3.8) is 0 Å². The molecule has 0 saturated carbocycles. The van der Waals surface area contributed by atoms with Gasteiger partial charge in [-0.2, -0.15) is 0 Å². The van der Waals surface area contributed by atoms with Crippen LogP contribution in [0.25, 0.3) is 0 Å². The molecule has 6 nitrogen and oxygen atoms in total. The molecule has 0 bridgehead atoms. The summed E-state index contributed by atoms with van der Waals surface area (Å²) < 4.78 is 0. The number of carbonyl (C=O) groups excluding carboxylic acids is 3. The predicted molar refractivity (Wildman–Crippen MR) is 120 cm³/mol. The van der Waals surface area contributed by atoms with Crippen LogP contribution in [0.4, 0.5) is 0 Å². The van der Waals surface area contributed by atoms with Crippen LogP contribution >= 0.6 is 0 Å². The van der Waals surface area contributed by atoms with E-state index in [9.17, 15) is 24.6 Å². The fourth-order valence-electron chi connectivity index (χ4n) is 3.92. The number of rotatable bonds is 6. The average Bonchev–Trinajstić information content (AvgIpc) is 2.68. The first-order valence-corrected chi connectivity index (χ1v) is 10.4. The predicted octanol–water partition coefficient (Wildman–Crippen LogP) is 3.73. The number of nitrogens with one attached hydrogen (secondary N) is 1. The number of para-hydroxylation sites is 1. The van der Waals surface area contributed by atoms with Crippen LogP contribution in [0.2, 0.25) is 0 Å². The molecular formula is C25H33NO5. The van der Waals surface area contributed by atoms with Crippen LogP contribution in [0.15, 0.2) is 46.6 Å². The molecule has 1 aliphatic carbocycles. The third-order valence-corrected chi connectivity index (χ3v) is 6.05. The van der Waals surface area contributed by atoms with Crippen molar-refractivity contribution in [2.45, 2.75) is 60.5 Å². The smallest absolute Gasteiger partial charge is 0.255 e. The molecule has 6 heteroatoms. The summed E-state index contributed by atoms with van der Waals surface area (Å²) in [5.74, 6) is -1.35. The van der Waals surface area contributed by atoms with Gasteiger partial charge in [-0.15, -0.1) is 0 Å². The number of phenolic OH excluding ortho intramolecular Hbond substituents is 1. The van der Waals surface area contributed by atoms with E-state index in [0.29, 0.717) is 22.3 Å². The summed E-state index contributed by atoms with van der Waals surface area (Å²) in [6.07, 6.45) is 0.176. The molecule has 0 fully saturated rings. The van der Waals surface area contributed by atoms with Crippen LogP contribution < -0.4 is 5.32 Å². The topological polar surface area (TPSA) is 104 Å². The van der Waals surface area contributed by atoms with E-state index in [4.69, 9.17) is 0 Å². The number of hydrogen-bond donors (Lipinski definition) is 3. The van der Waals surface area contributed by atoms with E-state index in [1.54, 1.807) is 39.8 Å². The molecule has 168 valence electrons. The van der Waals surface area contributed by atoms with Gasteiger partial charge in [0.05, 0.1) is 11.2 Å². The molecule has 0 saturated heterocycles. The van der Waals surface area contributed by atoms with Crippen molar-refractivity contribution in [3.8, 4) is 5.75 Å². The zero-order valence-corrected chi connectivity index (χ0v) is 19.4. The highest BCUT2D eigenvalue weighted by Crippen LogP contribution is 2.42. The monoisotopic (exact) mass is 427 g/mol. The molecular weight excluding hydrogens is 394 g/mol. The van der Waals surface area contributed by atoms with Crippen LogP contribution in [0.3, 0.4) is 0 Å². The lowest BCUT2D eigenvalue weighted by Gasteiger charge is -2.39. The lowest BCUT2D eigenvalue weighted by molar-refractivity contribution is -0.117. The van der Waals surface area contributed by atoms with E-state index >= 15 is 0 Å². The van der Waals surface area contributed by atoms with Crippen molar-refractivity contribution in [1.82, 2.24) is 5.32 Å². The normalized spacial score (nSPS) is 18.2. The Hall–Kier alpha value is -2.73. The minimum Gasteiger partial charge on any atom is -0.507 e. The van der Waals surface area contributed by atoms with Crippen molar-refractivity contribution in [2.75, 3.05) is 6.54 Å². The van der Waals surface area contributed by atoms with E-state index in [1.807, 2.05) is 20.8 Å². The number of aromatic hydroxyl groups is 1. The summed E-state index contributed by atoms with van der Waals surface area (Å²) in [6.45, 7) is 12.4. The first-order valence-electron chi connectivity index (χ1n) is 10.4. The lowest BCUT2D eigenvalue weighted by Crippen LogP contribution is -2.45. The van der Waals surface area contributed by atoms with Gasteiger partial charge in [0.25, 0.3) is 5.91 Å². The van der Waals surface area contributed by atoms with E-state index in [2.05, 4.69) is 5.32 Å². The first-order chi connectivity index (χ1) is 14.2. The second-order valence-electron chi connectivity index (χ2n) is 9.77. The van der Waals surface area contributed by atoms with Gasteiger partial charge in [-0.05, 0) is 57.6 Å². The Bertz CT molecular complexity index is 976. The minimum atomic E-state index is -1.35. The highest BCUT2D eigenvalue weighted by molar-refractivity contribution is 6.24. The fourth-order valence-corrected chi connectivity index (χ4v) is 3.92. The number of carbonyl (C=O) groups is 3. The van der Waals surface area contributed by atoms with Crippen LogP contribution in [0, 0.1) is 11.3 Å². The molecule has 2 rings (SSSR count). The second-order valence-corrected chi connectivity index (χ2v) is 9.77. The number of allylic oxidation sites excluding steroid dienone is 4. The Labute approximate surface area is 184 Å². The van der Waals surface area contributed by atoms with Gasteiger partial charge >= 0.3 is 0 Å². The van der Waals surface area contributed by atoms with E-state index < -0.39 is 22.8 Å². The van der Waals surface area contributed by atoms with E-state index in [0.717, 1.165) is 0 Å². The highest BCUT2D eigenvalue weighted by Gasteiger charge is 2.41. The Morgan fingerprint density at radius 2 is 1.52 bits per heavy atom. The minimum absolute atomic E-state index is 0.0743. The lowest BCUT2D eigenvalue weighted by atomic mass is 9.66. The number of benzene rings is 1. The van der Waals surface area contributed by atoms with Gasteiger partial charge in [-0.25, -0.2) is 0 Å². The molecule has 0 spiro atoms. The van der Waals surface area contributed by atoms with Gasteiger partial charge in [-0.1, -0.05) is 32.9 Å². The van der Waals surface area contributed by atoms with Crippen molar-refractivity contribution in [1.29, 1.82) is 0 Å². The Balaban J connectivity index is 2.28. The Morgan fingerprint density at radius 1 is 0.968 bits per heavy atom. The summed E-state index contributed by atoms with van der Waals surface area (Å²) in [5, 5.41) is 23.6. The van der Waals surface area contributed by atoms with Gasteiger partial charge in [-0.3, -0.25) is 14.4 Å². The van der Waals surface area contributed by atoms with E-state index in [-0.39, 0.29) is 35.8 Å². The molecule has 0 radical (unpaired) electrons. The summed E-state index contributed by atoms with van der Waals surface area (Å²) >= 11 is 0.